The topological polar surface area (TPSA) is 55.1 Å². The summed E-state index contributed by atoms with van der Waals surface area (Å²) in [4.78, 5) is 12.2. The number of rotatable bonds is 6. The van der Waals surface area contributed by atoms with Crippen molar-refractivity contribution in [3.05, 3.63) is 35.6 Å². The monoisotopic (exact) mass is 292 g/mol. The summed E-state index contributed by atoms with van der Waals surface area (Å²) in [5, 5.41) is 3.01. The number of halogens is 1. The molecular formula is C17H25FN2O. The Hall–Kier alpha value is -1.42. The summed E-state index contributed by atoms with van der Waals surface area (Å²) in [6.07, 6.45) is 4.73. The highest BCUT2D eigenvalue weighted by Crippen LogP contribution is 2.43. The molecule has 1 atom stereocenters. The molecule has 0 heterocycles. The van der Waals surface area contributed by atoms with Gasteiger partial charge in [-0.1, -0.05) is 31.9 Å². The summed E-state index contributed by atoms with van der Waals surface area (Å²) in [5.74, 6) is -0.326. The maximum absolute atomic E-state index is 13.1. The lowest BCUT2D eigenvalue weighted by molar-refractivity contribution is -0.126. The van der Waals surface area contributed by atoms with Crippen LogP contribution in [-0.4, -0.2) is 18.0 Å². The number of hydrogen-bond donors (Lipinski definition) is 2. The highest BCUT2D eigenvalue weighted by molar-refractivity contribution is 5.85. The molecule has 1 aliphatic carbocycles. The predicted octanol–water partition coefficient (Wildman–Crippen LogP) is 2.88. The van der Waals surface area contributed by atoms with E-state index in [0.717, 1.165) is 31.2 Å². The van der Waals surface area contributed by atoms with Gasteiger partial charge in [-0.2, -0.15) is 0 Å². The van der Waals surface area contributed by atoms with Crippen molar-refractivity contribution >= 4 is 5.91 Å². The van der Waals surface area contributed by atoms with Gasteiger partial charge in [-0.3, -0.25) is 4.79 Å². The van der Waals surface area contributed by atoms with Gasteiger partial charge in [0.15, 0.2) is 0 Å². The van der Waals surface area contributed by atoms with Gasteiger partial charge in [0.25, 0.3) is 0 Å². The van der Waals surface area contributed by atoms with Crippen molar-refractivity contribution in [1.82, 2.24) is 5.32 Å². The van der Waals surface area contributed by atoms with Crippen molar-refractivity contribution in [2.24, 2.45) is 5.73 Å². The molecule has 0 bridgehead atoms. The molecule has 0 aromatic heterocycles. The minimum atomic E-state index is -0.817. The predicted molar refractivity (Wildman–Crippen MR) is 82.4 cm³/mol. The van der Waals surface area contributed by atoms with Crippen molar-refractivity contribution < 1.29 is 9.18 Å². The van der Waals surface area contributed by atoms with Crippen LogP contribution in [0.15, 0.2) is 24.3 Å². The average molecular weight is 292 g/mol. The molecule has 1 aromatic carbocycles. The molecule has 116 valence electrons. The minimum absolute atomic E-state index is 0.0499. The van der Waals surface area contributed by atoms with Gasteiger partial charge < -0.3 is 11.1 Å². The van der Waals surface area contributed by atoms with Crippen LogP contribution in [0, 0.1) is 5.82 Å². The van der Waals surface area contributed by atoms with E-state index in [-0.39, 0.29) is 17.1 Å². The Labute approximate surface area is 126 Å². The van der Waals surface area contributed by atoms with E-state index in [0.29, 0.717) is 13.0 Å². The first-order valence-electron chi connectivity index (χ1n) is 7.73. The van der Waals surface area contributed by atoms with E-state index in [4.69, 9.17) is 5.73 Å². The number of nitrogens with two attached hydrogens (primary N) is 1. The Morgan fingerprint density at radius 3 is 2.48 bits per heavy atom. The first kappa shape index (κ1) is 16.0. The Bertz CT molecular complexity index is 492. The molecule has 1 saturated carbocycles. The van der Waals surface area contributed by atoms with Crippen LogP contribution in [0.25, 0.3) is 0 Å². The number of benzene rings is 1. The lowest BCUT2D eigenvalue weighted by Crippen LogP contribution is -2.55. The Morgan fingerprint density at radius 2 is 2.00 bits per heavy atom. The van der Waals surface area contributed by atoms with E-state index in [2.05, 4.69) is 5.32 Å². The van der Waals surface area contributed by atoms with Crippen LogP contribution in [0.2, 0.25) is 0 Å². The smallest absolute Gasteiger partial charge is 0.239 e. The van der Waals surface area contributed by atoms with Gasteiger partial charge in [-0.05, 0) is 43.9 Å². The fraction of sp³-hybridized carbons (Fsp3) is 0.588. The molecule has 3 N–H and O–H groups in total. The lowest BCUT2D eigenvalue weighted by atomic mass is 9.64. The number of nitrogens with one attached hydrogen (secondary N) is 1. The summed E-state index contributed by atoms with van der Waals surface area (Å²) < 4.78 is 13.1. The van der Waals surface area contributed by atoms with E-state index in [1.807, 2.05) is 19.1 Å². The third kappa shape index (κ3) is 3.43. The SMILES string of the molecule is CCCC(C)(N)C(=O)NCC1(c2ccc(F)cc2)CCC1. The number of carbonyl (C=O) groups is 1. The first-order valence-corrected chi connectivity index (χ1v) is 7.73. The Balaban J connectivity index is 2.03. The Morgan fingerprint density at radius 1 is 1.38 bits per heavy atom. The van der Waals surface area contributed by atoms with Gasteiger partial charge in [-0.15, -0.1) is 0 Å². The fourth-order valence-electron chi connectivity index (χ4n) is 3.06. The largest absolute Gasteiger partial charge is 0.354 e. The molecule has 3 nitrogen and oxygen atoms in total. The minimum Gasteiger partial charge on any atom is -0.354 e. The standard InChI is InChI=1S/C17H25FN2O/c1-3-9-16(2,19)15(21)20-12-17(10-4-11-17)13-5-7-14(18)8-6-13/h5-8H,3-4,9-12,19H2,1-2H3,(H,20,21). The second-order valence-corrected chi connectivity index (χ2v) is 6.49. The van der Waals surface area contributed by atoms with Gasteiger partial charge in [0, 0.05) is 12.0 Å². The zero-order chi connectivity index (χ0) is 15.5. The number of amides is 1. The maximum Gasteiger partial charge on any atom is 0.239 e. The van der Waals surface area contributed by atoms with E-state index < -0.39 is 5.54 Å². The molecule has 1 aliphatic rings. The van der Waals surface area contributed by atoms with Crippen molar-refractivity contribution in [1.29, 1.82) is 0 Å². The van der Waals surface area contributed by atoms with Gasteiger partial charge in [0.2, 0.25) is 5.91 Å². The van der Waals surface area contributed by atoms with E-state index in [9.17, 15) is 9.18 Å². The summed E-state index contributed by atoms with van der Waals surface area (Å²) in [6.45, 7) is 4.37. The molecule has 21 heavy (non-hydrogen) atoms. The van der Waals surface area contributed by atoms with Crippen molar-refractivity contribution in [2.45, 2.75) is 56.9 Å². The average Bonchev–Trinajstić information content (AvgIpc) is 2.39. The highest BCUT2D eigenvalue weighted by atomic mass is 19.1. The third-order valence-electron chi connectivity index (χ3n) is 4.64. The van der Waals surface area contributed by atoms with Crippen molar-refractivity contribution in [3.63, 3.8) is 0 Å². The zero-order valence-corrected chi connectivity index (χ0v) is 12.9. The second-order valence-electron chi connectivity index (χ2n) is 6.49. The molecule has 1 fully saturated rings. The van der Waals surface area contributed by atoms with Crippen LogP contribution in [-0.2, 0) is 10.2 Å². The number of carbonyl (C=O) groups excluding carboxylic acids is 1. The molecule has 0 saturated heterocycles. The second kappa shape index (κ2) is 6.14. The zero-order valence-electron chi connectivity index (χ0n) is 12.9. The molecule has 2 rings (SSSR count). The third-order valence-corrected chi connectivity index (χ3v) is 4.64. The fourth-order valence-corrected chi connectivity index (χ4v) is 3.06. The molecule has 4 heteroatoms. The quantitative estimate of drug-likeness (QED) is 0.847. The van der Waals surface area contributed by atoms with Crippen LogP contribution in [0.3, 0.4) is 0 Å². The Kier molecular flexibility index (Phi) is 4.67. The maximum atomic E-state index is 13.1. The van der Waals surface area contributed by atoms with E-state index >= 15 is 0 Å². The summed E-state index contributed by atoms with van der Waals surface area (Å²) in [7, 11) is 0. The van der Waals surface area contributed by atoms with Gasteiger partial charge >= 0.3 is 0 Å². The molecule has 0 aliphatic heterocycles. The van der Waals surface area contributed by atoms with Crippen molar-refractivity contribution in [2.75, 3.05) is 6.54 Å². The molecule has 1 unspecified atom stereocenters. The summed E-state index contributed by atoms with van der Waals surface area (Å²) >= 11 is 0. The summed E-state index contributed by atoms with van der Waals surface area (Å²) in [6, 6.07) is 6.63. The molecule has 0 spiro atoms. The molecule has 0 radical (unpaired) electrons. The summed E-state index contributed by atoms with van der Waals surface area (Å²) in [5.41, 5.74) is 6.29. The van der Waals surface area contributed by atoms with Gasteiger partial charge in [0.05, 0.1) is 5.54 Å². The van der Waals surface area contributed by atoms with Gasteiger partial charge in [0.1, 0.15) is 5.82 Å². The highest BCUT2D eigenvalue weighted by Gasteiger charge is 2.40. The van der Waals surface area contributed by atoms with Crippen LogP contribution in [0.5, 0.6) is 0 Å². The van der Waals surface area contributed by atoms with Crippen molar-refractivity contribution in [3.8, 4) is 0 Å². The first-order chi connectivity index (χ1) is 9.89. The van der Waals surface area contributed by atoms with E-state index in [1.54, 1.807) is 6.92 Å². The molecular weight excluding hydrogens is 267 g/mol. The number of hydrogen-bond acceptors (Lipinski definition) is 2. The van der Waals surface area contributed by atoms with Crippen LogP contribution < -0.4 is 11.1 Å². The molecule has 1 aromatic rings. The normalized spacial score (nSPS) is 19.4. The van der Waals surface area contributed by atoms with Gasteiger partial charge in [-0.25, -0.2) is 4.39 Å². The van der Waals surface area contributed by atoms with Crippen LogP contribution in [0.4, 0.5) is 4.39 Å². The van der Waals surface area contributed by atoms with Crippen LogP contribution >= 0.6 is 0 Å². The van der Waals surface area contributed by atoms with Crippen LogP contribution in [0.1, 0.15) is 51.5 Å². The molecule has 1 amide bonds. The van der Waals surface area contributed by atoms with E-state index in [1.165, 1.54) is 12.1 Å². The lowest BCUT2D eigenvalue weighted by Gasteiger charge is -2.43.